The molecule has 1 N–H and O–H groups in total. The highest BCUT2D eigenvalue weighted by Crippen LogP contribution is 2.22. The van der Waals surface area contributed by atoms with Crippen LogP contribution in [0.15, 0.2) is 18.2 Å². The average Bonchev–Trinajstić information content (AvgIpc) is 2.46. The second kappa shape index (κ2) is 8.04. The third kappa shape index (κ3) is 4.92. The maximum atomic E-state index is 12.0. The first kappa shape index (κ1) is 14.9. The third-order valence-electron chi connectivity index (χ3n) is 2.65. The summed E-state index contributed by atoms with van der Waals surface area (Å²) in [6.07, 6.45) is 7.69. The first-order chi connectivity index (χ1) is 9.21. The predicted octanol–water partition coefficient (Wildman–Crippen LogP) is 2.24. The topological polar surface area (TPSA) is 47.6 Å². The molecule has 4 nitrogen and oxygen atoms in total. The predicted molar refractivity (Wildman–Crippen MR) is 74.6 cm³/mol. The quantitative estimate of drug-likeness (QED) is 0.605. The summed E-state index contributed by atoms with van der Waals surface area (Å²) in [6.45, 7) is 0.611. The zero-order chi connectivity index (χ0) is 14.1. The fourth-order valence-electron chi connectivity index (χ4n) is 1.59. The summed E-state index contributed by atoms with van der Waals surface area (Å²) in [7, 11) is 3.10. The van der Waals surface area contributed by atoms with Crippen LogP contribution in [0.2, 0.25) is 0 Å². The molecule has 0 fully saturated rings. The van der Waals surface area contributed by atoms with E-state index in [1.54, 1.807) is 32.4 Å². The van der Waals surface area contributed by atoms with Crippen LogP contribution < -0.4 is 14.8 Å². The Kier molecular flexibility index (Phi) is 6.31. The van der Waals surface area contributed by atoms with Crippen molar-refractivity contribution in [3.8, 4) is 23.8 Å². The Labute approximate surface area is 114 Å². The fraction of sp³-hybridized carbons (Fsp3) is 0.400. The van der Waals surface area contributed by atoms with Crippen molar-refractivity contribution in [3.63, 3.8) is 0 Å². The molecule has 1 aromatic carbocycles. The van der Waals surface area contributed by atoms with Gasteiger partial charge in [-0.25, -0.2) is 0 Å². The van der Waals surface area contributed by atoms with E-state index in [1.165, 1.54) is 0 Å². The maximum Gasteiger partial charge on any atom is 0.251 e. The van der Waals surface area contributed by atoms with E-state index >= 15 is 0 Å². The van der Waals surface area contributed by atoms with Crippen molar-refractivity contribution >= 4 is 5.91 Å². The molecule has 1 aromatic rings. The minimum absolute atomic E-state index is 0.141. The maximum absolute atomic E-state index is 12.0. The molecule has 0 heterocycles. The number of carbonyl (C=O) groups excluding carboxylic acids is 1. The summed E-state index contributed by atoms with van der Waals surface area (Å²) < 4.78 is 10.2. The van der Waals surface area contributed by atoms with Gasteiger partial charge in [0.05, 0.1) is 14.2 Å². The SMILES string of the molecule is C#CCCCCNC(=O)c1cc(OC)cc(OC)c1. The van der Waals surface area contributed by atoms with Crippen molar-refractivity contribution < 1.29 is 14.3 Å². The lowest BCUT2D eigenvalue weighted by molar-refractivity contribution is 0.0952. The van der Waals surface area contributed by atoms with Gasteiger partial charge < -0.3 is 14.8 Å². The number of rotatable bonds is 7. The van der Waals surface area contributed by atoms with Gasteiger partial charge >= 0.3 is 0 Å². The fourth-order valence-corrected chi connectivity index (χ4v) is 1.59. The number of carbonyl (C=O) groups is 1. The standard InChI is InChI=1S/C15H19NO3/c1-4-5-6-7-8-16-15(17)12-9-13(18-2)11-14(10-12)19-3/h1,9-11H,5-8H2,2-3H3,(H,16,17). The molecule has 0 unspecified atom stereocenters. The normalized spacial score (nSPS) is 9.53. The second-order valence-corrected chi connectivity index (χ2v) is 4.02. The van der Waals surface area contributed by atoms with E-state index in [0.717, 1.165) is 19.3 Å². The number of ether oxygens (including phenoxy) is 2. The van der Waals surface area contributed by atoms with Crippen LogP contribution in [0.5, 0.6) is 11.5 Å². The molecule has 0 aliphatic rings. The number of benzene rings is 1. The van der Waals surface area contributed by atoms with Crippen molar-refractivity contribution in [2.45, 2.75) is 19.3 Å². The van der Waals surface area contributed by atoms with Gasteiger partial charge in [-0.15, -0.1) is 12.3 Å². The van der Waals surface area contributed by atoms with Gasteiger partial charge in [0.25, 0.3) is 5.91 Å². The van der Waals surface area contributed by atoms with Crippen LogP contribution in [0.25, 0.3) is 0 Å². The van der Waals surface area contributed by atoms with E-state index < -0.39 is 0 Å². The molecule has 1 amide bonds. The van der Waals surface area contributed by atoms with Crippen LogP contribution in [-0.2, 0) is 0 Å². The average molecular weight is 261 g/mol. The molecular formula is C15H19NO3. The number of unbranched alkanes of at least 4 members (excludes halogenated alkanes) is 2. The minimum Gasteiger partial charge on any atom is -0.497 e. The van der Waals surface area contributed by atoms with Crippen LogP contribution in [0, 0.1) is 12.3 Å². The van der Waals surface area contributed by atoms with Gasteiger partial charge in [0.15, 0.2) is 0 Å². The molecule has 0 aliphatic carbocycles. The smallest absolute Gasteiger partial charge is 0.251 e. The first-order valence-electron chi connectivity index (χ1n) is 6.16. The van der Waals surface area contributed by atoms with Gasteiger partial charge in [-0.05, 0) is 25.0 Å². The van der Waals surface area contributed by atoms with Gasteiger partial charge in [0.1, 0.15) is 11.5 Å². The Morgan fingerprint density at radius 2 is 1.84 bits per heavy atom. The molecule has 0 saturated heterocycles. The molecule has 0 spiro atoms. The second-order valence-electron chi connectivity index (χ2n) is 4.02. The lowest BCUT2D eigenvalue weighted by Crippen LogP contribution is -2.24. The third-order valence-corrected chi connectivity index (χ3v) is 2.65. The van der Waals surface area contributed by atoms with E-state index in [4.69, 9.17) is 15.9 Å². The summed E-state index contributed by atoms with van der Waals surface area (Å²) in [5.74, 6) is 3.62. The lowest BCUT2D eigenvalue weighted by atomic mass is 10.1. The van der Waals surface area contributed by atoms with Gasteiger partial charge in [-0.3, -0.25) is 4.79 Å². The molecule has 0 aliphatic heterocycles. The molecule has 0 atom stereocenters. The van der Waals surface area contributed by atoms with E-state index in [0.29, 0.717) is 23.6 Å². The van der Waals surface area contributed by atoms with Crippen molar-refractivity contribution in [3.05, 3.63) is 23.8 Å². The Morgan fingerprint density at radius 3 is 2.37 bits per heavy atom. The van der Waals surface area contributed by atoms with E-state index in [2.05, 4.69) is 11.2 Å². The van der Waals surface area contributed by atoms with Crippen molar-refractivity contribution in [2.75, 3.05) is 20.8 Å². The number of terminal acetylenes is 1. The van der Waals surface area contributed by atoms with Crippen molar-refractivity contribution in [2.24, 2.45) is 0 Å². The highest BCUT2D eigenvalue weighted by molar-refractivity contribution is 5.95. The number of methoxy groups -OCH3 is 2. The van der Waals surface area contributed by atoms with E-state index in [1.807, 2.05) is 0 Å². The van der Waals surface area contributed by atoms with E-state index in [9.17, 15) is 4.79 Å². The van der Waals surface area contributed by atoms with Crippen LogP contribution in [0.1, 0.15) is 29.6 Å². The highest BCUT2D eigenvalue weighted by Gasteiger charge is 2.09. The van der Waals surface area contributed by atoms with Crippen LogP contribution >= 0.6 is 0 Å². The van der Waals surface area contributed by atoms with Gasteiger partial charge in [-0.2, -0.15) is 0 Å². The van der Waals surface area contributed by atoms with Crippen LogP contribution in [0.3, 0.4) is 0 Å². The Hall–Kier alpha value is -2.15. The lowest BCUT2D eigenvalue weighted by Gasteiger charge is -2.09. The van der Waals surface area contributed by atoms with Gasteiger partial charge in [0, 0.05) is 24.6 Å². The Bertz CT molecular complexity index is 441. The van der Waals surface area contributed by atoms with Crippen LogP contribution in [0.4, 0.5) is 0 Å². The Balaban J connectivity index is 2.58. The molecule has 0 aromatic heterocycles. The first-order valence-corrected chi connectivity index (χ1v) is 6.16. The Morgan fingerprint density at radius 1 is 1.21 bits per heavy atom. The number of hydrogen-bond acceptors (Lipinski definition) is 3. The van der Waals surface area contributed by atoms with E-state index in [-0.39, 0.29) is 5.91 Å². The summed E-state index contributed by atoms with van der Waals surface area (Å²) in [6, 6.07) is 5.09. The van der Waals surface area contributed by atoms with Gasteiger partial charge in [-0.1, -0.05) is 0 Å². The molecule has 0 bridgehead atoms. The van der Waals surface area contributed by atoms with Crippen LogP contribution in [-0.4, -0.2) is 26.7 Å². The molecule has 0 radical (unpaired) electrons. The number of hydrogen-bond donors (Lipinski definition) is 1. The monoisotopic (exact) mass is 261 g/mol. The number of nitrogens with one attached hydrogen (secondary N) is 1. The minimum atomic E-state index is -0.141. The molecular weight excluding hydrogens is 242 g/mol. The zero-order valence-electron chi connectivity index (χ0n) is 11.4. The molecule has 1 rings (SSSR count). The summed E-state index contributed by atoms with van der Waals surface area (Å²) in [4.78, 5) is 12.0. The summed E-state index contributed by atoms with van der Waals surface area (Å²) in [5.41, 5.74) is 0.521. The molecule has 0 saturated carbocycles. The molecule has 102 valence electrons. The van der Waals surface area contributed by atoms with Gasteiger partial charge in [0.2, 0.25) is 0 Å². The van der Waals surface area contributed by atoms with Crippen molar-refractivity contribution in [1.29, 1.82) is 0 Å². The summed E-state index contributed by atoms with van der Waals surface area (Å²) in [5, 5.41) is 2.84. The molecule has 19 heavy (non-hydrogen) atoms. The summed E-state index contributed by atoms with van der Waals surface area (Å²) >= 11 is 0. The van der Waals surface area contributed by atoms with Crippen molar-refractivity contribution in [1.82, 2.24) is 5.32 Å². The zero-order valence-corrected chi connectivity index (χ0v) is 11.4. The largest absolute Gasteiger partial charge is 0.497 e. The molecule has 4 heteroatoms. The highest BCUT2D eigenvalue weighted by atomic mass is 16.5. The number of amides is 1.